The second-order valence-electron chi connectivity index (χ2n) is 2.20. The number of amides is 1. The van der Waals surface area contributed by atoms with Crippen LogP contribution in [0.5, 0.6) is 0 Å². The number of likely N-dealkylation sites (N-methyl/N-ethyl adjacent to an activating group) is 1. The lowest BCUT2D eigenvalue weighted by atomic mass is 10.5. The van der Waals surface area contributed by atoms with Crippen LogP contribution in [0.1, 0.15) is 0 Å². The lowest BCUT2D eigenvalue weighted by Gasteiger charge is -2.14. The number of azide groups is 1. The van der Waals surface area contributed by atoms with Crippen molar-refractivity contribution in [1.29, 1.82) is 0 Å². The normalized spacial score (nSPS) is 8.83. The number of ether oxygens (including phenoxy) is 1. The molecular weight excluding hydrogens is 160 g/mol. The summed E-state index contributed by atoms with van der Waals surface area (Å²) in [4.78, 5) is 15.0. The Bertz CT molecular complexity index is 188. The summed E-state index contributed by atoms with van der Waals surface area (Å²) in [6, 6.07) is 0. The van der Waals surface area contributed by atoms with Gasteiger partial charge in [0.25, 0.3) is 0 Å². The van der Waals surface area contributed by atoms with E-state index < -0.39 is 0 Å². The molecule has 0 aliphatic rings. The minimum absolute atomic E-state index is 0.128. The summed E-state index contributed by atoms with van der Waals surface area (Å²) in [5, 5.41) is 3.15. The minimum atomic E-state index is -0.204. The molecule has 0 fully saturated rings. The Balaban J connectivity index is 3.68. The molecule has 6 heteroatoms. The van der Waals surface area contributed by atoms with Gasteiger partial charge in [0.15, 0.2) is 0 Å². The van der Waals surface area contributed by atoms with Gasteiger partial charge in [0.05, 0.1) is 6.61 Å². The first-order valence-corrected chi connectivity index (χ1v) is 3.46. The van der Waals surface area contributed by atoms with Crippen LogP contribution in [-0.4, -0.2) is 44.7 Å². The summed E-state index contributed by atoms with van der Waals surface area (Å²) < 4.78 is 4.77. The molecule has 0 saturated heterocycles. The van der Waals surface area contributed by atoms with Gasteiger partial charge in [-0.2, -0.15) is 0 Å². The summed E-state index contributed by atoms with van der Waals surface area (Å²) in [6.07, 6.45) is 0. The number of hydrogen-bond donors (Lipinski definition) is 0. The van der Waals surface area contributed by atoms with Gasteiger partial charge in [-0.05, 0) is 5.53 Å². The van der Waals surface area contributed by atoms with Crippen molar-refractivity contribution in [1.82, 2.24) is 4.90 Å². The third-order valence-corrected chi connectivity index (χ3v) is 1.33. The molecule has 0 aromatic rings. The van der Waals surface area contributed by atoms with E-state index in [1.165, 1.54) is 4.90 Å². The van der Waals surface area contributed by atoms with E-state index in [4.69, 9.17) is 10.3 Å². The molecule has 0 radical (unpaired) electrons. The third-order valence-electron chi connectivity index (χ3n) is 1.33. The fourth-order valence-corrected chi connectivity index (χ4v) is 0.566. The van der Waals surface area contributed by atoms with Crippen LogP contribution in [0.4, 0.5) is 0 Å². The van der Waals surface area contributed by atoms with E-state index in [1.54, 1.807) is 14.2 Å². The van der Waals surface area contributed by atoms with Gasteiger partial charge in [-0.3, -0.25) is 4.79 Å². The summed E-state index contributed by atoms with van der Waals surface area (Å²) in [5.41, 5.74) is 7.94. The van der Waals surface area contributed by atoms with Crippen LogP contribution < -0.4 is 0 Å². The first kappa shape index (κ1) is 10.7. The summed E-state index contributed by atoms with van der Waals surface area (Å²) in [5.74, 6) is -0.204. The predicted molar refractivity (Wildman–Crippen MR) is 43.5 cm³/mol. The molecular formula is C6H12N4O2. The van der Waals surface area contributed by atoms with Crippen LogP contribution in [0.2, 0.25) is 0 Å². The highest BCUT2D eigenvalue weighted by atomic mass is 16.5. The van der Waals surface area contributed by atoms with Crippen molar-refractivity contribution in [2.24, 2.45) is 5.11 Å². The molecule has 0 aliphatic heterocycles. The quantitative estimate of drug-likeness (QED) is 0.342. The fraction of sp³-hybridized carbons (Fsp3) is 0.833. The maximum atomic E-state index is 11.0. The van der Waals surface area contributed by atoms with Crippen molar-refractivity contribution in [3.8, 4) is 0 Å². The zero-order valence-electron chi connectivity index (χ0n) is 7.23. The van der Waals surface area contributed by atoms with Gasteiger partial charge < -0.3 is 9.64 Å². The van der Waals surface area contributed by atoms with Gasteiger partial charge in [0, 0.05) is 25.6 Å². The molecule has 1 amide bonds. The van der Waals surface area contributed by atoms with Crippen molar-refractivity contribution in [2.75, 3.05) is 33.9 Å². The molecule has 0 rings (SSSR count). The Hall–Kier alpha value is -1.26. The average Bonchev–Trinajstić information content (AvgIpc) is 2.10. The van der Waals surface area contributed by atoms with Crippen molar-refractivity contribution < 1.29 is 9.53 Å². The molecule has 6 nitrogen and oxygen atoms in total. The van der Waals surface area contributed by atoms with E-state index in [0.29, 0.717) is 13.2 Å². The van der Waals surface area contributed by atoms with E-state index in [2.05, 4.69) is 10.0 Å². The highest BCUT2D eigenvalue weighted by molar-refractivity contribution is 5.78. The van der Waals surface area contributed by atoms with Crippen LogP contribution in [0.3, 0.4) is 0 Å². The third kappa shape index (κ3) is 4.54. The Labute approximate surface area is 70.7 Å². The molecule has 68 valence electrons. The fourth-order valence-electron chi connectivity index (χ4n) is 0.566. The molecule has 12 heavy (non-hydrogen) atoms. The lowest BCUT2D eigenvalue weighted by Crippen LogP contribution is -2.31. The van der Waals surface area contributed by atoms with E-state index in [0.717, 1.165) is 0 Å². The van der Waals surface area contributed by atoms with Crippen LogP contribution in [0, 0.1) is 0 Å². The first-order chi connectivity index (χ1) is 5.72. The second-order valence-corrected chi connectivity index (χ2v) is 2.20. The van der Waals surface area contributed by atoms with Gasteiger partial charge in [0.2, 0.25) is 5.91 Å². The summed E-state index contributed by atoms with van der Waals surface area (Å²) >= 11 is 0. The molecule has 0 aromatic carbocycles. The van der Waals surface area contributed by atoms with Gasteiger partial charge in [-0.15, -0.1) is 0 Å². The Morgan fingerprint density at radius 2 is 2.42 bits per heavy atom. The van der Waals surface area contributed by atoms with Crippen molar-refractivity contribution >= 4 is 5.91 Å². The molecule has 0 aliphatic carbocycles. The van der Waals surface area contributed by atoms with E-state index in [-0.39, 0.29) is 12.5 Å². The Morgan fingerprint density at radius 1 is 1.75 bits per heavy atom. The zero-order chi connectivity index (χ0) is 9.40. The second kappa shape index (κ2) is 6.45. The molecule has 0 N–H and O–H groups in total. The lowest BCUT2D eigenvalue weighted by molar-refractivity contribution is -0.128. The van der Waals surface area contributed by atoms with Crippen LogP contribution in [-0.2, 0) is 9.53 Å². The predicted octanol–water partition coefficient (Wildman–Crippen LogP) is 0.401. The molecule has 0 unspecified atom stereocenters. The number of rotatable bonds is 5. The highest BCUT2D eigenvalue weighted by Crippen LogP contribution is 1.86. The maximum Gasteiger partial charge on any atom is 0.228 e. The largest absolute Gasteiger partial charge is 0.383 e. The standard InChI is InChI=1S/C6H12N4O2/c1-10(3-4-12-2)6(11)5-8-9-7/h3-5H2,1-2H3. The maximum absolute atomic E-state index is 11.0. The molecule has 0 heterocycles. The summed E-state index contributed by atoms with van der Waals surface area (Å²) in [7, 11) is 3.19. The van der Waals surface area contributed by atoms with Crippen LogP contribution in [0.25, 0.3) is 10.4 Å². The van der Waals surface area contributed by atoms with Gasteiger partial charge in [0.1, 0.15) is 6.54 Å². The number of carbonyl (C=O) groups excluding carboxylic acids is 1. The van der Waals surface area contributed by atoms with Crippen molar-refractivity contribution in [3.63, 3.8) is 0 Å². The Morgan fingerprint density at radius 3 is 2.92 bits per heavy atom. The van der Waals surface area contributed by atoms with E-state index in [1.807, 2.05) is 0 Å². The van der Waals surface area contributed by atoms with E-state index in [9.17, 15) is 4.79 Å². The SMILES string of the molecule is COCCN(C)C(=O)CN=[N+]=[N-]. The first-order valence-electron chi connectivity index (χ1n) is 3.46. The number of methoxy groups -OCH3 is 1. The van der Waals surface area contributed by atoms with E-state index >= 15 is 0 Å². The molecule has 0 atom stereocenters. The van der Waals surface area contributed by atoms with Gasteiger partial charge >= 0.3 is 0 Å². The molecule has 0 spiro atoms. The Kier molecular flexibility index (Phi) is 5.77. The zero-order valence-corrected chi connectivity index (χ0v) is 7.23. The van der Waals surface area contributed by atoms with Gasteiger partial charge in [-0.1, -0.05) is 5.11 Å². The smallest absolute Gasteiger partial charge is 0.228 e. The number of nitrogens with zero attached hydrogens (tertiary/aromatic N) is 4. The minimum Gasteiger partial charge on any atom is -0.383 e. The molecule has 0 bridgehead atoms. The summed E-state index contributed by atoms with van der Waals surface area (Å²) in [6.45, 7) is 0.867. The topological polar surface area (TPSA) is 78.3 Å². The number of carbonyl (C=O) groups is 1. The number of hydrogen-bond acceptors (Lipinski definition) is 3. The monoisotopic (exact) mass is 172 g/mol. The van der Waals surface area contributed by atoms with Crippen molar-refractivity contribution in [3.05, 3.63) is 10.4 Å². The average molecular weight is 172 g/mol. The highest BCUT2D eigenvalue weighted by Gasteiger charge is 2.05. The van der Waals surface area contributed by atoms with Crippen LogP contribution in [0.15, 0.2) is 5.11 Å². The molecule has 0 aromatic heterocycles. The molecule has 0 saturated carbocycles. The van der Waals surface area contributed by atoms with Crippen LogP contribution >= 0.6 is 0 Å². The van der Waals surface area contributed by atoms with Crippen molar-refractivity contribution in [2.45, 2.75) is 0 Å². The van der Waals surface area contributed by atoms with Gasteiger partial charge in [-0.25, -0.2) is 0 Å².